The zero-order valence-corrected chi connectivity index (χ0v) is 12.1. The van der Waals surface area contributed by atoms with Gasteiger partial charge in [0.15, 0.2) is 0 Å². The van der Waals surface area contributed by atoms with E-state index in [-0.39, 0.29) is 51.7 Å². The number of unbranched alkanes of at least 4 members (excludes halogenated alkanes) is 6. The third-order valence-electron chi connectivity index (χ3n) is 1.71. The third-order valence-corrected chi connectivity index (χ3v) is 1.71. The molecule has 0 fully saturated rings. The Balaban J connectivity index is -0.000000107. The van der Waals surface area contributed by atoms with Crippen LogP contribution in [-0.4, -0.2) is 48.9 Å². The van der Waals surface area contributed by atoms with Crippen molar-refractivity contribution >= 4 is 48.9 Å². The molecular weight excluding hydrogens is 245 g/mol. The molecule has 60 valence electrons. The first-order valence-electron chi connectivity index (χ1n) is 4.41. The van der Waals surface area contributed by atoms with Gasteiger partial charge < -0.3 is 2.85 Å². The first-order valence-corrected chi connectivity index (χ1v) is 4.41. The largest absolute Gasteiger partial charge is 2.00 e. The molecule has 0 aromatic carbocycles. The molecule has 0 saturated heterocycles. The molecule has 0 aliphatic rings. The smallest absolute Gasteiger partial charge is 1.00 e. The number of hydrogen-bond acceptors (Lipinski definition) is 0. The van der Waals surface area contributed by atoms with Crippen LogP contribution < -0.4 is 0 Å². The molecule has 0 bridgehead atoms. The van der Waals surface area contributed by atoms with Crippen LogP contribution in [0.5, 0.6) is 0 Å². The van der Waals surface area contributed by atoms with Crippen molar-refractivity contribution < 1.29 is 2.85 Å². The van der Waals surface area contributed by atoms with Gasteiger partial charge in [-0.3, -0.25) is 0 Å². The van der Waals surface area contributed by atoms with Crippen molar-refractivity contribution in [2.24, 2.45) is 0 Å². The average Bonchev–Trinajstić information content (AvgIpc) is 1.89. The Hall–Kier alpha value is 1.57. The first-order chi connectivity index (χ1) is 4.41. The van der Waals surface area contributed by atoms with Crippen molar-refractivity contribution in [3.05, 3.63) is 0 Å². The third kappa shape index (κ3) is 12.3. The second-order valence-corrected chi connectivity index (χ2v) is 2.77. The van der Waals surface area contributed by atoms with Crippen molar-refractivity contribution in [1.82, 2.24) is 0 Å². The molecule has 0 atom stereocenters. The molecule has 0 nitrogen and oxygen atoms in total. The summed E-state index contributed by atoms with van der Waals surface area (Å²) >= 11 is 0. The molecule has 0 heterocycles. The van der Waals surface area contributed by atoms with Gasteiger partial charge in [0.2, 0.25) is 0 Å². The maximum Gasteiger partial charge on any atom is 2.00 e. The molecule has 0 saturated carbocycles. The van der Waals surface area contributed by atoms with E-state index in [1.54, 1.807) is 0 Å². The molecule has 0 aromatic heterocycles. The fourth-order valence-electron chi connectivity index (χ4n) is 1.03. The summed E-state index contributed by atoms with van der Waals surface area (Å²) in [6.45, 7) is 4.53. The second kappa shape index (κ2) is 13.2. The minimum Gasteiger partial charge on any atom is -1.00 e. The summed E-state index contributed by atoms with van der Waals surface area (Å²) in [5, 5.41) is 0. The van der Waals surface area contributed by atoms with Crippen LogP contribution in [0.3, 0.4) is 0 Å². The van der Waals surface area contributed by atoms with Crippen LogP contribution in [0.1, 0.15) is 61.6 Å². The van der Waals surface area contributed by atoms with Gasteiger partial charge in [-0.15, -0.1) is 0 Å². The molecule has 0 aromatic rings. The molecule has 0 unspecified atom stereocenters. The molecule has 1 heteroatoms. The van der Waals surface area contributed by atoms with E-state index in [0.29, 0.717) is 0 Å². The molecule has 0 N–H and O–H groups in total. The number of rotatable bonds is 6. The molecule has 0 aliphatic carbocycles. The zero-order valence-electron chi connectivity index (χ0n) is 9.66. The van der Waals surface area contributed by atoms with E-state index in [1.807, 2.05) is 0 Å². The van der Waals surface area contributed by atoms with Crippen LogP contribution in [0, 0.1) is 0 Å². The maximum atomic E-state index is 2.26. The fraction of sp³-hybridized carbons (Fsp3) is 1.00. The standard InChI is InChI=1S/C9H20.Ba.2H/c1-3-5-7-9-8-6-4-2;;;/h3-9H2,1-2H3;;;/q;+2;2*-1. The first kappa shape index (κ1) is 14.1. The van der Waals surface area contributed by atoms with Gasteiger partial charge >= 0.3 is 48.9 Å². The van der Waals surface area contributed by atoms with Crippen molar-refractivity contribution in [3.63, 3.8) is 0 Å². The SMILES string of the molecule is CCCCCCCCC.[Ba+2].[H-].[H-]. The average molecular weight is 268 g/mol. The van der Waals surface area contributed by atoms with Crippen LogP contribution in [0.2, 0.25) is 0 Å². The summed E-state index contributed by atoms with van der Waals surface area (Å²) in [6.07, 6.45) is 9.97. The maximum absolute atomic E-state index is 2.26. The minimum absolute atomic E-state index is 0. The molecule has 0 rings (SSSR count). The Morgan fingerprint density at radius 3 is 1.30 bits per heavy atom. The van der Waals surface area contributed by atoms with Gasteiger partial charge in [-0.25, -0.2) is 0 Å². The predicted molar refractivity (Wildman–Crippen MR) is 51.6 cm³/mol. The van der Waals surface area contributed by atoms with Crippen molar-refractivity contribution in [2.75, 3.05) is 0 Å². The van der Waals surface area contributed by atoms with E-state index < -0.39 is 0 Å². The van der Waals surface area contributed by atoms with Crippen molar-refractivity contribution in [2.45, 2.75) is 58.8 Å². The van der Waals surface area contributed by atoms with Gasteiger partial charge in [0, 0.05) is 0 Å². The van der Waals surface area contributed by atoms with Gasteiger partial charge in [-0.05, 0) is 0 Å². The van der Waals surface area contributed by atoms with Crippen molar-refractivity contribution in [3.8, 4) is 0 Å². The molecular formula is C9H22Ba. The second-order valence-electron chi connectivity index (χ2n) is 2.77. The summed E-state index contributed by atoms with van der Waals surface area (Å²) in [5.74, 6) is 0. The molecule has 0 radical (unpaired) electrons. The van der Waals surface area contributed by atoms with E-state index in [4.69, 9.17) is 0 Å². The van der Waals surface area contributed by atoms with Gasteiger partial charge in [0.25, 0.3) is 0 Å². The summed E-state index contributed by atoms with van der Waals surface area (Å²) < 4.78 is 0. The molecule has 10 heavy (non-hydrogen) atoms. The van der Waals surface area contributed by atoms with E-state index >= 15 is 0 Å². The summed E-state index contributed by atoms with van der Waals surface area (Å²) in [6, 6.07) is 0. The minimum atomic E-state index is 0. The van der Waals surface area contributed by atoms with Crippen LogP contribution >= 0.6 is 0 Å². The van der Waals surface area contributed by atoms with Gasteiger partial charge in [-0.1, -0.05) is 58.8 Å². The Bertz CT molecular complexity index is 45.8. The van der Waals surface area contributed by atoms with Crippen LogP contribution in [0.15, 0.2) is 0 Å². The fourth-order valence-corrected chi connectivity index (χ4v) is 1.03. The topological polar surface area (TPSA) is 0 Å². The molecule has 0 spiro atoms. The quantitative estimate of drug-likeness (QED) is 0.509. The normalized spacial score (nSPS) is 9.00. The van der Waals surface area contributed by atoms with Gasteiger partial charge in [0.1, 0.15) is 0 Å². The Labute approximate surface area is 109 Å². The summed E-state index contributed by atoms with van der Waals surface area (Å²) in [4.78, 5) is 0. The Morgan fingerprint density at radius 2 is 1.00 bits per heavy atom. The van der Waals surface area contributed by atoms with E-state index in [2.05, 4.69) is 13.8 Å². The van der Waals surface area contributed by atoms with Crippen LogP contribution in [0.25, 0.3) is 0 Å². The Kier molecular flexibility index (Phi) is 18.6. The Morgan fingerprint density at radius 1 is 0.700 bits per heavy atom. The molecule has 0 aliphatic heterocycles. The van der Waals surface area contributed by atoms with E-state index in [1.165, 1.54) is 44.9 Å². The monoisotopic (exact) mass is 268 g/mol. The van der Waals surface area contributed by atoms with Crippen LogP contribution in [0.4, 0.5) is 0 Å². The van der Waals surface area contributed by atoms with Gasteiger partial charge in [0.05, 0.1) is 0 Å². The van der Waals surface area contributed by atoms with E-state index in [9.17, 15) is 0 Å². The predicted octanol–water partition coefficient (Wildman–Crippen LogP) is 3.60. The van der Waals surface area contributed by atoms with Gasteiger partial charge in [-0.2, -0.15) is 0 Å². The summed E-state index contributed by atoms with van der Waals surface area (Å²) in [7, 11) is 0. The molecule has 0 amide bonds. The van der Waals surface area contributed by atoms with Crippen molar-refractivity contribution in [1.29, 1.82) is 0 Å². The van der Waals surface area contributed by atoms with E-state index in [0.717, 1.165) is 0 Å². The summed E-state index contributed by atoms with van der Waals surface area (Å²) in [5.41, 5.74) is 0. The van der Waals surface area contributed by atoms with Crippen LogP contribution in [-0.2, 0) is 0 Å². The number of hydrogen-bond donors (Lipinski definition) is 0. The zero-order chi connectivity index (χ0) is 6.95.